The van der Waals surface area contributed by atoms with E-state index in [4.69, 9.17) is 0 Å². The first-order chi connectivity index (χ1) is 9.70. The number of aliphatic imine (C=N–C) groups is 1. The number of nitrogens with zero attached hydrogens (tertiary/aromatic N) is 1. The molecule has 3 heteroatoms. The molecule has 0 bridgehead atoms. The largest absolute Gasteiger partial charge is 0.335 e. The molecule has 0 fully saturated rings. The molecule has 0 aliphatic carbocycles. The van der Waals surface area contributed by atoms with Gasteiger partial charge in [-0.2, -0.15) is 0 Å². The van der Waals surface area contributed by atoms with Crippen LogP contribution in [0.15, 0.2) is 53.5 Å². The van der Waals surface area contributed by atoms with Crippen molar-refractivity contribution in [2.45, 2.75) is 19.1 Å². The van der Waals surface area contributed by atoms with Gasteiger partial charge in [-0.25, -0.2) is 0 Å². The van der Waals surface area contributed by atoms with E-state index in [1.54, 1.807) is 0 Å². The molecule has 0 spiro atoms. The van der Waals surface area contributed by atoms with Gasteiger partial charge in [0.25, 0.3) is 0 Å². The number of aryl methyl sites for hydroxylation is 2. The SMILES string of the molecule is Cc1cc(C)cc(NC2=NCC(c3ccccc3)S2)c1. The van der Waals surface area contributed by atoms with E-state index in [9.17, 15) is 0 Å². The molecule has 0 aromatic heterocycles. The van der Waals surface area contributed by atoms with Crippen LogP contribution in [0.25, 0.3) is 0 Å². The highest BCUT2D eigenvalue weighted by molar-refractivity contribution is 8.14. The minimum atomic E-state index is 0.435. The standard InChI is InChI=1S/C17H18N2S/c1-12-8-13(2)10-15(9-12)19-17-18-11-16(20-17)14-6-4-3-5-7-14/h3-10,16H,11H2,1-2H3,(H,18,19). The summed E-state index contributed by atoms with van der Waals surface area (Å²) in [6.07, 6.45) is 0. The quantitative estimate of drug-likeness (QED) is 0.873. The van der Waals surface area contributed by atoms with Crippen molar-refractivity contribution in [3.8, 4) is 0 Å². The van der Waals surface area contributed by atoms with Crippen LogP contribution < -0.4 is 5.32 Å². The van der Waals surface area contributed by atoms with Gasteiger partial charge in [0, 0.05) is 5.69 Å². The van der Waals surface area contributed by atoms with Gasteiger partial charge in [-0.1, -0.05) is 48.2 Å². The molecule has 0 saturated heterocycles. The molecule has 0 saturated carbocycles. The van der Waals surface area contributed by atoms with E-state index in [0.717, 1.165) is 17.4 Å². The van der Waals surface area contributed by atoms with Crippen molar-refractivity contribution >= 4 is 22.6 Å². The van der Waals surface area contributed by atoms with Crippen LogP contribution in [0.3, 0.4) is 0 Å². The summed E-state index contributed by atoms with van der Waals surface area (Å²) in [4.78, 5) is 4.62. The van der Waals surface area contributed by atoms with Gasteiger partial charge in [0.15, 0.2) is 5.17 Å². The van der Waals surface area contributed by atoms with Crippen molar-refractivity contribution in [3.63, 3.8) is 0 Å². The van der Waals surface area contributed by atoms with Crippen molar-refractivity contribution in [2.75, 3.05) is 11.9 Å². The summed E-state index contributed by atoms with van der Waals surface area (Å²) in [5.41, 5.74) is 5.02. The van der Waals surface area contributed by atoms with Crippen molar-refractivity contribution in [2.24, 2.45) is 4.99 Å². The molecule has 0 radical (unpaired) electrons. The Kier molecular flexibility index (Phi) is 3.79. The third-order valence-corrected chi connectivity index (χ3v) is 4.46. The molecule has 2 aromatic carbocycles. The third-order valence-electron chi connectivity index (χ3n) is 3.30. The summed E-state index contributed by atoms with van der Waals surface area (Å²) in [5, 5.41) is 4.89. The van der Waals surface area contributed by atoms with Crippen LogP contribution in [0, 0.1) is 13.8 Å². The molecule has 0 amide bonds. The van der Waals surface area contributed by atoms with Gasteiger partial charge in [0.05, 0.1) is 11.8 Å². The zero-order valence-corrected chi connectivity index (χ0v) is 12.6. The number of anilines is 1. The van der Waals surface area contributed by atoms with E-state index < -0.39 is 0 Å². The lowest BCUT2D eigenvalue weighted by molar-refractivity contribution is 0.966. The first-order valence-corrected chi connectivity index (χ1v) is 7.70. The molecular weight excluding hydrogens is 264 g/mol. The summed E-state index contributed by atoms with van der Waals surface area (Å²) < 4.78 is 0. The highest BCUT2D eigenvalue weighted by Gasteiger charge is 2.21. The Labute approximate surface area is 124 Å². The lowest BCUT2D eigenvalue weighted by Gasteiger charge is -2.10. The predicted octanol–water partition coefficient (Wildman–Crippen LogP) is 4.56. The second-order valence-electron chi connectivity index (χ2n) is 5.16. The minimum Gasteiger partial charge on any atom is -0.335 e. The average Bonchev–Trinajstić information content (AvgIpc) is 2.87. The number of rotatable bonds is 2. The summed E-state index contributed by atoms with van der Waals surface area (Å²) in [7, 11) is 0. The molecule has 2 nitrogen and oxygen atoms in total. The first-order valence-electron chi connectivity index (χ1n) is 6.82. The average molecular weight is 282 g/mol. The van der Waals surface area contributed by atoms with Crippen molar-refractivity contribution in [1.82, 2.24) is 0 Å². The zero-order valence-electron chi connectivity index (χ0n) is 11.8. The van der Waals surface area contributed by atoms with Crippen LogP contribution in [-0.4, -0.2) is 11.7 Å². The van der Waals surface area contributed by atoms with Crippen LogP contribution in [0.5, 0.6) is 0 Å². The van der Waals surface area contributed by atoms with Crippen molar-refractivity contribution < 1.29 is 0 Å². The Morgan fingerprint density at radius 2 is 1.75 bits per heavy atom. The van der Waals surface area contributed by atoms with Crippen LogP contribution in [-0.2, 0) is 0 Å². The van der Waals surface area contributed by atoms with Gasteiger partial charge in [-0.15, -0.1) is 0 Å². The van der Waals surface area contributed by atoms with E-state index in [2.05, 4.69) is 72.7 Å². The molecule has 20 heavy (non-hydrogen) atoms. The highest BCUT2D eigenvalue weighted by Crippen LogP contribution is 2.35. The van der Waals surface area contributed by atoms with Gasteiger partial charge >= 0.3 is 0 Å². The molecule has 1 aliphatic rings. The summed E-state index contributed by atoms with van der Waals surface area (Å²) in [6.45, 7) is 5.09. The molecule has 2 aromatic rings. The number of amidine groups is 1. The van der Waals surface area contributed by atoms with Gasteiger partial charge in [-0.3, -0.25) is 4.99 Å². The maximum Gasteiger partial charge on any atom is 0.161 e. The number of hydrogen-bond acceptors (Lipinski definition) is 3. The highest BCUT2D eigenvalue weighted by atomic mass is 32.2. The lowest BCUT2D eigenvalue weighted by Crippen LogP contribution is -2.05. The maximum atomic E-state index is 4.62. The predicted molar refractivity (Wildman–Crippen MR) is 88.6 cm³/mol. The van der Waals surface area contributed by atoms with E-state index >= 15 is 0 Å². The van der Waals surface area contributed by atoms with Crippen molar-refractivity contribution in [3.05, 3.63) is 65.2 Å². The number of thioether (sulfide) groups is 1. The Hall–Kier alpha value is -1.74. The molecule has 3 rings (SSSR count). The van der Waals surface area contributed by atoms with Gasteiger partial charge in [0.1, 0.15) is 0 Å². The fraction of sp³-hybridized carbons (Fsp3) is 0.235. The molecule has 102 valence electrons. The van der Waals surface area contributed by atoms with Crippen LogP contribution in [0.4, 0.5) is 5.69 Å². The molecule has 1 atom stereocenters. The van der Waals surface area contributed by atoms with E-state index in [-0.39, 0.29) is 0 Å². The second kappa shape index (κ2) is 5.71. The molecule has 1 N–H and O–H groups in total. The van der Waals surface area contributed by atoms with Crippen LogP contribution in [0.2, 0.25) is 0 Å². The van der Waals surface area contributed by atoms with E-state index in [0.29, 0.717) is 5.25 Å². The molecule has 1 unspecified atom stereocenters. The summed E-state index contributed by atoms with van der Waals surface area (Å²) in [5.74, 6) is 0. The number of benzene rings is 2. The number of nitrogens with one attached hydrogen (secondary N) is 1. The fourth-order valence-electron chi connectivity index (χ4n) is 2.46. The Morgan fingerprint density at radius 3 is 2.45 bits per heavy atom. The van der Waals surface area contributed by atoms with Crippen LogP contribution >= 0.6 is 11.8 Å². The van der Waals surface area contributed by atoms with Crippen molar-refractivity contribution in [1.29, 1.82) is 0 Å². The molecular formula is C17H18N2S. The Morgan fingerprint density at radius 1 is 1.05 bits per heavy atom. The fourth-order valence-corrected chi connectivity index (χ4v) is 3.49. The normalized spacial score (nSPS) is 17.9. The smallest absolute Gasteiger partial charge is 0.161 e. The second-order valence-corrected chi connectivity index (χ2v) is 6.36. The van der Waals surface area contributed by atoms with Crippen LogP contribution in [0.1, 0.15) is 21.9 Å². The number of hydrogen-bond donors (Lipinski definition) is 1. The van der Waals surface area contributed by atoms with Gasteiger partial charge in [-0.05, 0) is 42.7 Å². The summed E-state index contributed by atoms with van der Waals surface area (Å²) in [6, 6.07) is 17.1. The molecule has 1 heterocycles. The minimum absolute atomic E-state index is 0.435. The zero-order chi connectivity index (χ0) is 13.9. The third kappa shape index (κ3) is 3.05. The first kappa shape index (κ1) is 13.3. The van der Waals surface area contributed by atoms with E-state index in [1.165, 1.54) is 16.7 Å². The van der Waals surface area contributed by atoms with Gasteiger partial charge in [0.2, 0.25) is 0 Å². The maximum absolute atomic E-state index is 4.62. The Bertz CT molecular complexity index is 614. The lowest BCUT2D eigenvalue weighted by atomic mass is 10.1. The van der Waals surface area contributed by atoms with E-state index in [1.807, 2.05) is 11.8 Å². The molecule has 1 aliphatic heterocycles. The topological polar surface area (TPSA) is 24.4 Å². The monoisotopic (exact) mass is 282 g/mol. The summed E-state index contributed by atoms with van der Waals surface area (Å²) >= 11 is 1.81. The van der Waals surface area contributed by atoms with Gasteiger partial charge < -0.3 is 5.32 Å². The Balaban J connectivity index is 1.68.